The first-order chi connectivity index (χ1) is 14.9. The summed E-state index contributed by atoms with van der Waals surface area (Å²) in [6.07, 6.45) is 3.25. The molecule has 1 unspecified atom stereocenters. The van der Waals surface area contributed by atoms with Crippen molar-refractivity contribution in [3.8, 4) is 0 Å². The summed E-state index contributed by atoms with van der Waals surface area (Å²) in [6.45, 7) is 4.07. The van der Waals surface area contributed by atoms with Crippen LogP contribution in [0.25, 0.3) is 0 Å². The Hall–Kier alpha value is -3.15. The lowest BCUT2D eigenvalue weighted by atomic mass is 9.84. The summed E-state index contributed by atoms with van der Waals surface area (Å²) in [7, 11) is 0. The molecule has 1 fully saturated rings. The molecule has 0 bridgehead atoms. The number of hydrogen-bond acceptors (Lipinski definition) is 3. The second-order valence-electron chi connectivity index (χ2n) is 8.69. The summed E-state index contributed by atoms with van der Waals surface area (Å²) in [6, 6.07) is 17.0. The lowest BCUT2D eigenvalue weighted by Crippen LogP contribution is -2.47. The van der Waals surface area contributed by atoms with Gasteiger partial charge in [-0.3, -0.25) is 14.5 Å². The molecule has 1 atom stereocenters. The molecule has 0 aromatic heterocycles. The minimum Gasteiger partial charge on any atom is -0.334 e. The van der Waals surface area contributed by atoms with Crippen molar-refractivity contribution in [1.82, 2.24) is 15.1 Å². The Morgan fingerprint density at radius 1 is 1.06 bits per heavy atom. The van der Waals surface area contributed by atoms with E-state index in [2.05, 4.69) is 5.32 Å². The monoisotopic (exact) mass is 419 g/mol. The molecule has 4 amide bonds. The maximum atomic E-state index is 13.6. The molecule has 0 saturated carbocycles. The van der Waals surface area contributed by atoms with Crippen molar-refractivity contribution < 1.29 is 14.4 Å². The lowest BCUT2D eigenvalue weighted by Gasteiger charge is -2.29. The standard InChI is InChI=1S/C25H29N3O3/c1-18(2)27(16-19-10-4-3-5-11-19)22(29)17-28-23(30)25(26-24(28)31)15-9-8-13-20-12-6-7-14-21(20)25/h3-7,10-12,14,18H,8-9,13,15-17H2,1-2H3,(H,26,31). The second-order valence-corrected chi connectivity index (χ2v) is 8.69. The molecule has 4 rings (SSSR count). The Balaban J connectivity index is 1.57. The summed E-state index contributed by atoms with van der Waals surface area (Å²) in [5, 5.41) is 2.96. The number of nitrogens with zero attached hydrogens (tertiary/aromatic N) is 2. The number of rotatable bonds is 5. The van der Waals surface area contributed by atoms with Crippen molar-refractivity contribution in [2.75, 3.05) is 6.54 Å². The quantitative estimate of drug-likeness (QED) is 0.753. The number of aryl methyl sites for hydroxylation is 1. The molecule has 162 valence electrons. The van der Waals surface area contributed by atoms with E-state index in [0.717, 1.165) is 40.9 Å². The second kappa shape index (κ2) is 8.53. The summed E-state index contributed by atoms with van der Waals surface area (Å²) < 4.78 is 0. The smallest absolute Gasteiger partial charge is 0.325 e. The van der Waals surface area contributed by atoms with Gasteiger partial charge >= 0.3 is 6.03 Å². The van der Waals surface area contributed by atoms with Crippen molar-refractivity contribution in [1.29, 1.82) is 0 Å². The molecule has 31 heavy (non-hydrogen) atoms. The highest BCUT2D eigenvalue weighted by molar-refractivity contribution is 6.09. The van der Waals surface area contributed by atoms with E-state index in [1.807, 2.05) is 68.4 Å². The van der Waals surface area contributed by atoms with E-state index in [-0.39, 0.29) is 24.4 Å². The molecule has 1 N–H and O–H groups in total. The molecule has 1 spiro atoms. The van der Waals surface area contributed by atoms with Crippen LogP contribution in [0.15, 0.2) is 54.6 Å². The molecular formula is C25H29N3O3. The zero-order chi connectivity index (χ0) is 22.0. The average molecular weight is 420 g/mol. The highest BCUT2D eigenvalue weighted by atomic mass is 16.2. The molecule has 0 radical (unpaired) electrons. The van der Waals surface area contributed by atoms with Crippen LogP contribution in [0, 0.1) is 0 Å². The molecule has 2 aromatic rings. The van der Waals surface area contributed by atoms with E-state index < -0.39 is 11.6 Å². The van der Waals surface area contributed by atoms with Crippen LogP contribution in [0.2, 0.25) is 0 Å². The Morgan fingerprint density at radius 3 is 2.52 bits per heavy atom. The van der Waals surface area contributed by atoms with Gasteiger partial charge < -0.3 is 10.2 Å². The Bertz CT molecular complexity index is 989. The van der Waals surface area contributed by atoms with Crippen LogP contribution in [0.1, 0.15) is 49.8 Å². The highest BCUT2D eigenvalue weighted by Gasteiger charge is 2.53. The summed E-state index contributed by atoms with van der Waals surface area (Å²) >= 11 is 0. The molecule has 1 aliphatic carbocycles. The van der Waals surface area contributed by atoms with Crippen LogP contribution in [0.4, 0.5) is 4.79 Å². The molecule has 2 aliphatic rings. The van der Waals surface area contributed by atoms with Gasteiger partial charge in [-0.25, -0.2) is 4.79 Å². The number of hydrogen-bond donors (Lipinski definition) is 1. The topological polar surface area (TPSA) is 69.7 Å². The van der Waals surface area contributed by atoms with Crippen LogP contribution in [-0.4, -0.2) is 40.2 Å². The number of carbonyl (C=O) groups is 3. The fourth-order valence-corrected chi connectivity index (χ4v) is 4.68. The van der Waals surface area contributed by atoms with Gasteiger partial charge in [-0.15, -0.1) is 0 Å². The normalized spacial score (nSPS) is 20.5. The third-order valence-corrected chi connectivity index (χ3v) is 6.33. The largest absolute Gasteiger partial charge is 0.334 e. The van der Waals surface area contributed by atoms with Crippen molar-refractivity contribution in [2.24, 2.45) is 0 Å². The Kier molecular flexibility index (Phi) is 5.81. The van der Waals surface area contributed by atoms with Gasteiger partial charge in [-0.1, -0.05) is 54.6 Å². The highest BCUT2D eigenvalue weighted by Crippen LogP contribution is 2.39. The van der Waals surface area contributed by atoms with E-state index in [1.54, 1.807) is 4.90 Å². The number of urea groups is 1. The van der Waals surface area contributed by atoms with Crippen molar-refractivity contribution in [3.05, 3.63) is 71.3 Å². The van der Waals surface area contributed by atoms with E-state index in [0.29, 0.717) is 13.0 Å². The predicted molar refractivity (Wildman–Crippen MR) is 118 cm³/mol. The van der Waals surface area contributed by atoms with Crippen LogP contribution in [0.5, 0.6) is 0 Å². The predicted octanol–water partition coefficient (Wildman–Crippen LogP) is 3.60. The third-order valence-electron chi connectivity index (χ3n) is 6.33. The van der Waals surface area contributed by atoms with Gasteiger partial charge in [0.15, 0.2) is 0 Å². The lowest BCUT2D eigenvalue weighted by molar-refractivity contribution is -0.140. The summed E-state index contributed by atoms with van der Waals surface area (Å²) in [4.78, 5) is 42.4. The first-order valence-electron chi connectivity index (χ1n) is 11.0. The van der Waals surface area contributed by atoms with Crippen molar-refractivity contribution in [3.63, 3.8) is 0 Å². The number of nitrogens with one attached hydrogen (secondary N) is 1. The average Bonchev–Trinajstić information content (AvgIpc) is 2.90. The van der Waals surface area contributed by atoms with Gasteiger partial charge in [0.25, 0.3) is 5.91 Å². The van der Waals surface area contributed by atoms with E-state index in [4.69, 9.17) is 0 Å². The molecule has 1 heterocycles. The van der Waals surface area contributed by atoms with Gasteiger partial charge in [0.2, 0.25) is 5.91 Å². The van der Waals surface area contributed by atoms with Gasteiger partial charge in [-0.2, -0.15) is 0 Å². The summed E-state index contributed by atoms with van der Waals surface area (Å²) in [5.41, 5.74) is 1.91. The van der Waals surface area contributed by atoms with Gasteiger partial charge in [-0.05, 0) is 56.2 Å². The van der Waals surface area contributed by atoms with Crippen LogP contribution >= 0.6 is 0 Å². The molecule has 1 saturated heterocycles. The van der Waals surface area contributed by atoms with Gasteiger partial charge in [0.05, 0.1) is 0 Å². The number of amides is 4. The first-order valence-corrected chi connectivity index (χ1v) is 11.0. The molecule has 6 nitrogen and oxygen atoms in total. The molecule has 1 aliphatic heterocycles. The molecular weight excluding hydrogens is 390 g/mol. The number of benzene rings is 2. The van der Waals surface area contributed by atoms with Crippen LogP contribution in [0.3, 0.4) is 0 Å². The van der Waals surface area contributed by atoms with E-state index in [1.165, 1.54) is 0 Å². The first kappa shape index (κ1) is 21.1. The fourth-order valence-electron chi connectivity index (χ4n) is 4.68. The molecule has 6 heteroatoms. The Labute approximate surface area is 183 Å². The maximum Gasteiger partial charge on any atom is 0.325 e. The van der Waals surface area contributed by atoms with Crippen LogP contribution in [-0.2, 0) is 28.1 Å². The Morgan fingerprint density at radius 2 is 1.77 bits per heavy atom. The van der Waals surface area contributed by atoms with E-state index in [9.17, 15) is 14.4 Å². The van der Waals surface area contributed by atoms with Crippen LogP contribution < -0.4 is 5.32 Å². The van der Waals surface area contributed by atoms with E-state index >= 15 is 0 Å². The SMILES string of the molecule is CC(C)N(Cc1ccccc1)C(=O)CN1C(=O)NC2(CCCCc3ccccc32)C1=O. The zero-order valence-electron chi connectivity index (χ0n) is 18.1. The minimum absolute atomic E-state index is 0.0546. The number of imide groups is 1. The van der Waals surface area contributed by atoms with Gasteiger partial charge in [0, 0.05) is 12.6 Å². The van der Waals surface area contributed by atoms with Crippen molar-refractivity contribution in [2.45, 2.75) is 57.7 Å². The zero-order valence-corrected chi connectivity index (χ0v) is 18.1. The third kappa shape index (κ3) is 3.94. The number of fused-ring (bicyclic) bond motifs is 2. The number of carbonyl (C=O) groups excluding carboxylic acids is 3. The maximum absolute atomic E-state index is 13.6. The summed E-state index contributed by atoms with van der Waals surface area (Å²) in [5.74, 6) is -0.551. The fraction of sp³-hybridized carbons (Fsp3) is 0.400. The van der Waals surface area contributed by atoms with Crippen molar-refractivity contribution >= 4 is 17.8 Å². The molecule has 2 aromatic carbocycles. The minimum atomic E-state index is -1.06. The van der Waals surface area contributed by atoms with Gasteiger partial charge in [0.1, 0.15) is 12.1 Å².